The summed E-state index contributed by atoms with van der Waals surface area (Å²) in [5.41, 5.74) is 6.02. The Morgan fingerprint density at radius 1 is 1.37 bits per heavy atom. The highest BCUT2D eigenvalue weighted by Crippen LogP contribution is 2.28. The molecule has 1 aliphatic rings. The Kier molecular flexibility index (Phi) is 2.88. The largest absolute Gasteiger partial charge is 0.463 e. The maximum absolute atomic E-state index is 11.9. The van der Waals surface area contributed by atoms with Gasteiger partial charge in [0.15, 0.2) is 5.82 Å². The van der Waals surface area contributed by atoms with Gasteiger partial charge in [-0.25, -0.2) is 9.59 Å². The van der Waals surface area contributed by atoms with E-state index in [2.05, 4.69) is 5.10 Å². The van der Waals surface area contributed by atoms with Crippen LogP contribution in [0, 0.1) is 0 Å². The molecule has 2 heterocycles. The number of fused-ring (bicyclic) bond motifs is 1. The van der Waals surface area contributed by atoms with Gasteiger partial charge in [0, 0.05) is 5.56 Å². The summed E-state index contributed by atoms with van der Waals surface area (Å²) in [7, 11) is 0. The average molecular weight is 268 g/mol. The number of carbonyl (C=O) groups excluding carboxylic acids is 1. The van der Waals surface area contributed by atoms with Crippen molar-refractivity contribution in [2.75, 3.05) is 5.73 Å². The Morgan fingerprint density at radius 2 is 2.00 bits per heavy atom. The Hall–Kier alpha value is -2.25. The van der Waals surface area contributed by atoms with Crippen molar-refractivity contribution in [1.29, 1.82) is 0 Å². The van der Waals surface area contributed by atoms with Crippen LogP contribution in [0.3, 0.4) is 0 Å². The molecule has 8 nitrogen and oxygen atoms in total. The lowest BCUT2D eigenvalue weighted by Gasteiger charge is -2.24. The summed E-state index contributed by atoms with van der Waals surface area (Å²) in [5, 5.41) is 12.7. The predicted octanol–water partition coefficient (Wildman–Crippen LogP) is 1.24. The molecule has 0 saturated heterocycles. The third-order valence-corrected chi connectivity index (χ3v) is 2.64. The summed E-state index contributed by atoms with van der Waals surface area (Å²) in [6.07, 6.45) is -1.72. The van der Waals surface area contributed by atoms with Crippen molar-refractivity contribution in [3.63, 3.8) is 0 Å². The summed E-state index contributed by atoms with van der Waals surface area (Å²) in [4.78, 5) is 24.3. The molecule has 0 saturated carbocycles. The molecule has 0 spiro atoms. The van der Waals surface area contributed by atoms with Crippen LogP contribution in [-0.2, 0) is 17.8 Å². The van der Waals surface area contributed by atoms with E-state index in [1.54, 1.807) is 20.8 Å². The summed E-state index contributed by atoms with van der Waals surface area (Å²) in [6.45, 7) is 5.63. The number of ether oxygens (including phenoxy) is 1. The molecule has 3 N–H and O–H groups in total. The molecule has 1 aromatic rings. The fraction of sp³-hybridized carbons (Fsp3) is 0.545. The number of carboxylic acid groups (broad SMARTS) is 1. The van der Waals surface area contributed by atoms with Gasteiger partial charge in [-0.15, -0.1) is 5.10 Å². The third-order valence-electron chi connectivity index (χ3n) is 2.64. The summed E-state index contributed by atoms with van der Waals surface area (Å²) >= 11 is 0. The molecule has 0 aromatic carbocycles. The number of aromatic nitrogens is 2. The maximum atomic E-state index is 11.9. The van der Waals surface area contributed by atoms with Crippen LogP contribution < -0.4 is 5.73 Å². The number of nitrogens with two attached hydrogens (primary N) is 1. The Bertz CT molecular complexity index is 544. The van der Waals surface area contributed by atoms with Gasteiger partial charge < -0.3 is 15.6 Å². The normalized spacial score (nSPS) is 14.4. The van der Waals surface area contributed by atoms with Crippen LogP contribution in [0.4, 0.5) is 15.4 Å². The Labute approximate surface area is 109 Å². The fourth-order valence-corrected chi connectivity index (χ4v) is 1.88. The van der Waals surface area contributed by atoms with Crippen molar-refractivity contribution in [2.45, 2.75) is 39.5 Å². The van der Waals surface area contributed by atoms with Crippen molar-refractivity contribution < 1.29 is 19.4 Å². The lowest BCUT2D eigenvalue weighted by atomic mass is 10.2. The molecular weight excluding hydrogens is 252 g/mol. The summed E-state index contributed by atoms with van der Waals surface area (Å²) in [6, 6.07) is 0. The van der Waals surface area contributed by atoms with E-state index >= 15 is 0 Å². The zero-order valence-electron chi connectivity index (χ0n) is 11.0. The minimum absolute atomic E-state index is 0.126. The first kappa shape index (κ1) is 13.2. The number of amides is 1. The molecule has 8 heteroatoms. The third kappa shape index (κ3) is 2.47. The molecule has 0 aliphatic carbocycles. The summed E-state index contributed by atoms with van der Waals surface area (Å²) in [5.74, 6) is 0.128. The maximum Gasteiger partial charge on any atom is 0.432 e. The van der Waals surface area contributed by atoms with Gasteiger partial charge in [0.2, 0.25) is 0 Å². The quantitative estimate of drug-likeness (QED) is 0.732. The molecular formula is C11H16N4O4. The van der Waals surface area contributed by atoms with Gasteiger partial charge in [0.1, 0.15) is 5.60 Å². The van der Waals surface area contributed by atoms with Gasteiger partial charge in [-0.2, -0.15) is 4.68 Å². The molecule has 1 aliphatic heterocycles. The first-order chi connectivity index (χ1) is 8.69. The highest BCUT2D eigenvalue weighted by Gasteiger charge is 2.33. The molecule has 2 rings (SSSR count). The standard InChI is InChI=1S/C11H16N4O4/c1-11(2,3)19-10(18)14-4-6-7(5-14)15(9(16)17)13-8(6)12/h4-5H2,1-3H3,(H2,12,13)(H,16,17). The SMILES string of the molecule is CC(C)(C)OC(=O)N1Cc2c(N)nn(C(=O)O)c2C1. The molecule has 0 fully saturated rings. The molecule has 1 aromatic heterocycles. The number of hydrogen-bond acceptors (Lipinski definition) is 5. The number of nitrogen functional groups attached to an aromatic ring is 1. The monoisotopic (exact) mass is 268 g/mol. The molecule has 19 heavy (non-hydrogen) atoms. The number of nitrogens with zero attached hydrogens (tertiary/aromatic N) is 3. The van der Waals surface area contributed by atoms with Gasteiger partial charge >= 0.3 is 12.2 Å². The van der Waals surface area contributed by atoms with E-state index in [1.165, 1.54) is 4.90 Å². The lowest BCUT2D eigenvalue weighted by Crippen LogP contribution is -2.34. The smallest absolute Gasteiger partial charge is 0.432 e. The van der Waals surface area contributed by atoms with Crippen molar-refractivity contribution >= 4 is 18.0 Å². The van der Waals surface area contributed by atoms with Crippen LogP contribution >= 0.6 is 0 Å². The van der Waals surface area contributed by atoms with E-state index in [0.717, 1.165) is 4.68 Å². The van der Waals surface area contributed by atoms with Crippen molar-refractivity contribution in [3.05, 3.63) is 11.3 Å². The zero-order valence-corrected chi connectivity index (χ0v) is 11.0. The van der Waals surface area contributed by atoms with E-state index in [9.17, 15) is 9.59 Å². The van der Waals surface area contributed by atoms with E-state index in [-0.39, 0.29) is 18.9 Å². The van der Waals surface area contributed by atoms with Gasteiger partial charge in [-0.3, -0.25) is 4.90 Å². The molecule has 0 radical (unpaired) electrons. The molecule has 0 bridgehead atoms. The van der Waals surface area contributed by atoms with Crippen molar-refractivity contribution in [1.82, 2.24) is 14.7 Å². The van der Waals surface area contributed by atoms with E-state index in [1.807, 2.05) is 0 Å². The second-order valence-corrected chi connectivity index (χ2v) is 5.34. The highest BCUT2D eigenvalue weighted by molar-refractivity contribution is 5.73. The topological polar surface area (TPSA) is 111 Å². The van der Waals surface area contributed by atoms with Crippen LogP contribution in [0.25, 0.3) is 0 Å². The second-order valence-electron chi connectivity index (χ2n) is 5.34. The first-order valence-electron chi connectivity index (χ1n) is 5.76. The molecule has 104 valence electrons. The fourth-order valence-electron chi connectivity index (χ4n) is 1.88. The van der Waals surface area contributed by atoms with Gasteiger partial charge in [-0.1, -0.05) is 0 Å². The van der Waals surface area contributed by atoms with E-state index in [4.69, 9.17) is 15.6 Å². The minimum Gasteiger partial charge on any atom is -0.463 e. The first-order valence-corrected chi connectivity index (χ1v) is 5.76. The van der Waals surface area contributed by atoms with E-state index in [0.29, 0.717) is 11.3 Å². The molecule has 0 atom stereocenters. The minimum atomic E-state index is -1.22. The Morgan fingerprint density at radius 3 is 2.53 bits per heavy atom. The van der Waals surface area contributed by atoms with Crippen molar-refractivity contribution in [2.24, 2.45) is 0 Å². The predicted molar refractivity (Wildman–Crippen MR) is 65.5 cm³/mol. The zero-order chi connectivity index (χ0) is 14.4. The van der Waals surface area contributed by atoms with Gasteiger partial charge in [0.25, 0.3) is 0 Å². The number of hydrogen-bond donors (Lipinski definition) is 2. The average Bonchev–Trinajstić information content (AvgIpc) is 2.76. The highest BCUT2D eigenvalue weighted by atomic mass is 16.6. The van der Waals surface area contributed by atoms with E-state index < -0.39 is 17.8 Å². The number of rotatable bonds is 0. The Balaban J connectivity index is 2.19. The second kappa shape index (κ2) is 4.15. The van der Waals surface area contributed by atoms with Gasteiger partial charge in [-0.05, 0) is 20.8 Å². The number of carbonyl (C=O) groups is 2. The molecule has 0 unspecified atom stereocenters. The lowest BCUT2D eigenvalue weighted by molar-refractivity contribution is 0.0238. The van der Waals surface area contributed by atoms with Crippen LogP contribution in [0.2, 0.25) is 0 Å². The van der Waals surface area contributed by atoms with Crippen LogP contribution in [0.5, 0.6) is 0 Å². The van der Waals surface area contributed by atoms with Crippen LogP contribution in [0.1, 0.15) is 32.0 Å². The summed E-state index contributed by atoms with van der Waals surface area (Å²) < 4.78 is 6.03. The van der Waals surface area contributed by atoms with Gasteiger partial charge in [0.05, 0.1) is 18.8 Å². The number of anilines is 1. The van der Waals surface area contributed by atoms with Crippen LogP contribution in [-0.4, -0.2) is 37.6 Å². The van der Waals surface area contributed by atoms with Crippen molar-refractivity contribution in [3.8, 4) is 0 Å². The molecule has 1 amide bonds. The van der Waals surface area contributed by atoms with Crippen LogP contribution in [0.15, 0.2) is 0 Å².